The molecule has 0 radical (unpaired) electrons. The molecule has 0 bridgehead atoms. The van der Waals surface area contributed by atoms with Crippen molar-refractivity contribution in [3.8, 4) is 0 Å². The van der Waals surface area contributed by atoms with Crippen LogP contribution in [0.2, 0.25) is 0 Å². The van der Waals surface area contributed by atoms with E-state index in [9.17, 15) is 9.90 Å². The minimum absolute atomic E-state index is 0.230. The Bertz CT molecular complexity index is 481. The van der Waals surface area contributed by atoms with E-state index in [-0.39, 0.29) is 12.5 Å². The first-order valence-electron chi connectivity index (χ1n) is 7.83. The fourth-order valence-corrected chi connectivity index (χ4v) is 2.65. The zero-order valence-electron chi connectivity index (χ0n) is 13.7. The molecular formula is C15H26N4O3. The molecule has 0 aliphatic carbocycles. The van der Waals surface area contributed by atoms with Gasteiger partial charge in [0.1, 0.15) is 0 Å². The maximum absolute atomic E-state index is 12.1. The van der Waals surface area contributed by atoms with E-state index >= 15 is 0 Å². The molecule has 1 aromatic heterocycles. The average Bonchev–Trinajstić information content (AvgIpc) is 2.95. The Balaban J connectivity index is 1.87. The number of hydrogen-bond acceptors (Lipinski definition) is 6. The molecule has 1 saturated heterocycles. The van der Waals surface area contributed by atoms with Crippen molar-refractivity contribution >= 4 is 5.91 Å². The summed E-state index contributed by atoms with van der Waals surface area (Å²) in [5.41, 5.74) is 0.297. The molecule has 0 unspecified atom stereocenters. The summed E-state index contributed by atoms with van der Waals surface area (Å²) in [7, 11) is 1.65. The van der Waals surface area contributed by atoms with Gasteiger partial charge in [0.15, 0.2) is 11.5 Å². The van der Waals surface area contributed by atoms with Gasteiger partial charge in [0.25, 0.3) is 5.91 Å². The van der Waals surface area contributed by atoms with Gasteiger partial charge in [-0.25, -0.2) is 0 Å². The highest BCUT2D eigenvalue weighted by atomic mass is 16.5. The number of rotatable bonds is 6. The van der Waals surface area contributed by atoms with Crippen LogP contribution in [0.15, 0.2) is 10.6 Å². The third-order valence-corrected chi connectivity index (χ3v) is 3.95. The third kappa shape index (κ3) is 4.53. The van der Waals surface area contributed by atoms with E-state index in [2.05, 4.69) is 21.9 Å². The van der Waals surface area contributed by atoms with Gasteiger partial charge in [-0.2, -0.15) is 0 Å². The first-order chi connectivity index (χ1) is 10.5. The molecule has 2 rings (SSSR count). The van der Waals surface area contributed by atoms with E-state index < -0.39 is 6.10 Å². The second-order valence-electron chi connectivity index (χ2n) is 5.92. The van der Waals surface area contributed by atoms with E-state index in [1.54, 1.807) is 20.0 Å². The van der Waals surface area contributed by atoms with Crippen molar-refractivity contribution < 1.29 is 14.4 Å². The third-order valence-electron chi connectivity index (χ3n) is 3.95. The van der Waals surface area contributed by atoms with E-state index in [0.717, 1.165) is 32.7 Å². The number of carbonyl (C=O) groups excluding carboxylic acids is 1. The van der Waals surface area contributed by atoms with Crippen LogP contribution in [0.5, 0.6) is 0 Å². The number of piperazine rings is 1. The Morgan fingerprint density at radius 2 is 2.05 bits per heavy atom. The van der Waals surface area contributed by atoms with Gasteiger partial charge in [-0.3, -0.25) is 9.69 Å². The van der Waals surface area contributed by atoms with Crippen molar-refractivity contribution in [2.75, 3.05) is 46.3 Å². The highest BCUT2D eigenvalue weighted by Crippen LogP contribution is 2.11. The van der Waals surface area contributed by atoms with Crippen LogP contribution in [-0.2, 0) is 6.54 Å². The van der Waals surface area contributed by atoms with Crippen LogP contribution >= 0.6 is 0 Å². The summed E-state index contributed by atoms with van der Waals surface area (Å²) >= 11 is 0. The number of carbonyl (C=O) groups is 1. The number of aliphatic hydroxyl groups is 1. The Morgan fingerprint density at radius 3 is 2.64 bits per heavy atom. The van der Waals surface area contributed by atoms with Crippen molar-refractivity contribution in [2.45, 2.75) is 26.5 Å². The number of aliphatic hydroxyl groups excluding tert-OH is 1. The number of aromatic nitrogens is 1. The minimum Gasteiger partial charge on any atom is -0.392 e. The van der Waals surface area contributed by atoms with E-state index in [0.29, 0.717) is 18.0 Å². The van der Waals surface area contributed by atoms with Crippen LogP contribution in [0, 0.1) is 0 Å². The van der Waals surface area contributed by atoms with Gasteiger partial charge < -0.3 is 19.4 Å². The highest BCUT2D eigenvalue weighted by molar-refractivity contribution is 5.92. The summed E-state index contributed by atoms with van der Waals surface area (Å²) in [5.74, 6) is 0.477. The SMILES string of the molecule is CCN1CCN(Cc2cc(C(=O)N(C)C[C@H](C)O)no2)CC1. The van der Waals surface area contributed by atoms with Gasteiger partial charge in [0.05, 0.1) is 12.6 Å². The fraction of sp³-hybridized carbons (Fsp3) is 0.733. The molecule has 124 valence electrons. The second-order valence-corrected chi connectivity index (χ2v) is 5.92. The largest absolute Gasteiger partial charge is 0.392 e. The average molecular weight is 310 g/mol. The van der Waals surface area contributed by atoms with Crippen molar-refractivity contribution in [3.05, 3.63) is 17.5 Å². The van der Waals surface area contributed by atoms with E-state index in [4.69, 9.17) is 4.52 Å². The van der Waals surface area contributed by atoms with Crippen LogP contribution in [0.1, 0.15) is 30.1 Å². The summed E-state index contributed by atoms with van der Waals surface area (Å²) in [6, 6.07) is 1.70. The number of likely N-dealkylation sites (N-methyl/N-ethyl adjacent to an activating group) is 2. The predicted octanol–water partition coefficient (Wildman–Crippen LogP) is 0.265. The van der Waals surface area contributed by atoms with Crippen molar-refractivity contribution in [1.82, 2.24) is 19.9 Å². The molecule has 22 heavy (non-hydrogen) atoms. The summed E-state index contributed by atoms with van der Waals surface area (Å²) in [5, 5.41) is 13.2. The zero-order valence-corrected chi connectivity index (χ0v) is 13.7. The molecule has 1 aromatic rings. The molecule has 7 heteroatoms. The molecule has 0 aromatic carbocycles. The maximum Gasteiger partial charge on any atom is 0.275 e. The Labute approximate surface area is 131 Å². The Hall–Kier alpha value is -1.44. The number of nitrogens with zero attached hydrogens (tertiary/aromatic N) is 4. The molecule has 0 saturated carbocycles. The number of hydrogen-bond donors (Lipinski definition) is 1. The minimum atomic E-state index is -0.560. The normalized spacial score (nSPS) is 18.4. The van der Waals surface area contributed by atoms with Crippen molar-refractivity contribution in [1.29, 1.82) is 0 Å². The van der Waals surface area contributed by atoms with Crippen molar-refractivity contribution in [2.24, 2.45) is 0 Å². The van der Waals surface area contributed by atoms with Crippen LogP contribution in [0.3, 0.4) is 0 Å². The molecule has 1 amide bonds. The standard InChI is InChI=1S/C15H26N4O3/c1-4-18-5-7-19(8-6-18)11-13-9-14(16-22-13)15(21)17(3)10-12(2)20/h9,12,20H,4-8,10-11H2,1-3H3/t12-/m0/s1. The smallest absolute Gasteiger partial charge is 0.275 e. The summed E-state index contributed by atoms with van der Waals surface area (Å²) in [4.78, 5) is 18.3. The predicted molar refractivity (Wildman–Crippen MR) is 82.5 cm³/mol. The molecule has 1 atom stereocenters. The van der Waals surface area contributed by atoms with Gasteiger partial charge in [-0.05, 0) is 13.5 Å². The quantitative estimate of drug-likeness (QED) is 0.813. The molecule has 7 nitrogen and oxygen atoms in total. The van der Waals surface area contributed by atoms with Crippen LogP contribution in [0.4, 0.5) is 0 Å². The van der Waals surface area contributed by atoms with E-state index in [1.807, 2.05) is 0 Å². The fourth-order valence-electron chi connectivity index (χ4n) is 2.65. The first kappa shape index (κ1) is 16.9. The summed E-state index contributed by atoms with van der Waals surface area (Å²) in [6.07, 6.45) is -0.560. The van der Waals surface area contributed by atoms with Gasteiger partial charge in [0.2, 0.25) is 0 Å². The lowest BCUT2D eigenvalue weighted by Gasteiger charge is -2.33. The molecular weight excluding hydrogens is 284 g/mol. The molecule has 2 heterocycles. The van der Waals surface area contributed by atoms with Crippen LogP contribution in [-0.4, -0.2) is 83.3 Å². The topological polar surface area (TPSA) is 73.0 Å². The molecule has 1 aliphatic rings. The van der Waals surface area contributed by atoms with Gasteiger partial charge in [0, 0.05) is 45.8 Å². The van der Waals surface area contributed by atoms with Gasteiger partial charge in [-0.1, -0.05) is 12.1 Å². The van der Waals surface area contributed by atoms with Crippen LogP contribution < -0.4 is 0 Å². The zero-order chi connectivity index (χ0) is 16.1. The van der Waals surface area contributed by atoms with E-state index in [1.165, 1.54) is 4.90 Å². The molecule has 1 fully saturated rings. The molecule has 1 aliphatic heterocycles. The highest BCUT2D eigenvalue weighted by Gasteiger charge is 2.21. The maximum atomic E-state index is 12.1. The Kier molecular flexibility index (Phi) is 5.93. The summed E-state index contributed by atoms with van der Waals surface area (Å²) in [6.45, 7) is 9.99. The lowest BCUT2D eigenvalue weighted by atomic mass is 10.2. The summed E-state index contributed by atoms with van der Waals surface area (Å²) < 4.78 is 5.28. The van der Waals surface area contributed by atoms with Crippen molar-refractivity contribution in [3.63, 3.8) is 0 Å². The number of amides is 1. The Morgan fingerprint density at radius 1 is 1.41 bits per heavy atom. The second kappa shape index (κ2) is 7.71. The molecule has 0 spiro atoms. The molecule has 1 N–H and O–H groups in total. The van der Waals surface area contributed by atoms with Gasteiger partial charge in [-0.15, -0.1) is 0 Å². The first-order valence-corrected chi connectivity index (χ1v) is 7.83. The van der Waals surface area contributed by atoms with Gasteiger partial charge >= 0.3 is 0 Å². The van der Waals surface area contributed by atoms with Crippen LogP contribution in [0.25, 0.3) is 0 Å². The monoisotopic (exact) mass is 310 g/mol. The lowest BCUT2D eigenvalue weighted by molar-refractivity contribution is 0.0693. The lowest BCUT2D eigenvalue weighted by Crippen LogP contribution is -2.45.